The van der Waals surface area contributed by atoms with E-state index in [1.165, 1.54) is 42.5 Å². The molecule has 1 aliphatic heterocycles. The second kappa shape index (κ2) is 7.98. The molecular formula is C23H18FNO6. The fourth-order valence-electron chi connectivity index (χ4n) is 3.59. The van der Waals surface area contributed by atoms with E-state index in [2.05, 4.69) is 0 Å². The molecule has 1 aromatic heterocycles. The van der Waals surface area contributed by atoms with Gasteiger partial charge in [-0.1, -0.05) is 12.1 Å². The van der Waals surface area contributed by atoms with Crippen LogP contribution in [0.2, 0.25) is 0 Å². The van der Waals surface area contributed by atoms with E-state index in [0.29, 0.717) is 11.3 Å². The first-order valence-electron chi connectivity index (χ1n) is 9.34. The van der Waals surface area contributed by atoms with Crippen LogP contribution < -0.4 is 4.74 Å². The molecule has 2 aromatic carbocycles. The molecule has 158 valence electrons. The van der Waals surface area contributed by atoms with Crippen molar-refractivity contribution in [1.82, 2.24) is 4.90 Å². The second-order valence-electron chi connectivity index (χ2n) is 6.95. The Morgan fingerprint density at radius 1 is 1.16 bits per heavy atom. The summed E-state index contributed by atoms with van der Waals surface area (Å²) < 4.78 is 24.4. The lowest BCUT2D eigenvalue weighted by Gasteiger charge is -2.24. The molecule has 2 N–H and O–H groups in total. The van der Waals surface area contributed by atoms with Crippen LogP contribution in [0, 0.1) is 5.82 Å². The van der Waals surface area contributed by atoms with Gasteiger partial charge in [0.2, 0.25) is 0 Å². The number of halogens is 1. The molecule has 31 heavy (non-hydrogen) atoms. The van der Waals surface area contributed by atoms with Crippen molar-refractivity contribution < 1.29 is 33.3 Å². The van der Waals surface area contributed by atoms with Crippen LogP contribution in [0.25, 0.3) is 5.76 Å². The number of Topliss-reactive ketones (excluding diaryl/α,β-unsaturated/α-hetero) is 1. The minimum atomic E-state index is -0.962. The van der Waals surface area contributed by atoms with Crippen LogP contribution in [0.3, 0.4) is 0 Å². The molecule has 0 aliphatic carbocycles. The zero-order chi connectivity index (χ0) is 22.1. The van der Waals surface area contributed by atoms with Gasteiger partial charge in [-0.2, -0.15) is 0 Å². The highest BCUT2D eigenvalue weighted by Crippen LogP contribution is 2.41. The summed E-state index contributed by atoms with van der Waals surface area (Å²) in [5.74, 6) is -2.55. The lowest BCUT2D eigenvalue weighted by molar-refractivity contribution is -0.140. The number of likely N-dealkylation sites (tertiary alicyclic amines) is 1. The Kier molecular flexibility index (Phi) is 5.21. The molecular weight excluding hydrogens is 405 g/mol. The maximum absolute atomic E-state index is 14.2. The third-order valence-corrected chi connectivity index (χ3v) is 5.08. The third kappa shape index (κ3) is 3.63. The number of hydrogen-bond donors (Lipinski definition) is 2. The van der Waals surface area contributed by atoms with Gasteiger partial charge in [0.15, 0.2) is 11.6 Å². The largest absolute Gasteiger partial charge is 0.508 e. The van der Waals surface area contributed by atoms with E-state index < -0.39 is 29.3 Å². The van der Waals surface area contributed by atoms with Crippen molar-refractivity contribution in [3.05, 3.63) is 89.1 Å². The van der Waals surface area contributed by atoms with Gasteiger partial charge in [-0.3, -0.25) is 9.59 Å². The standard InChI is InChI=1S/C23H18FNO6/c1-30-18-9-6-14(11-17(18)24)21(27)19-20(13-4-7-15(26)8-5-13)25(23(29)22(19)28)12-16-3-2-10-31-16/h2-11,20,26-27H,12H2,1H3. The number of phenolic OH excluding ortho intramolecular Hbond substituents is 1. The highest BCUT2D eigenvalue weighted by atomic mass is 19.1. The van der Waals surface area contributed by atoms with Gasteiger partial charge in [-0.25, -0.2) is 4.39 Å². The normalized spacial score (nSPS) is 17.9. The fourth-order valence-corrected chi connectivity index (χ4v) is 3.59. The van der Waals surface area contributed by atoms with Crippen molar-refractivity contribution in [3.63, 3.8) is 0 Å². The van der Waals surface area contributed by atoms with Crippen molar-refractivity contribution in [3.8, 4) is 11.5 Å². The highest BCUT2D eigenvalue weighted by Gasteiger charge is 2.46. The van der Waals surface area contributed by atoms with Crippen LogP contribution in [-0.4, -0.2) is 33.9 Å². The molecule has 4 rings (SSSR count). The minimum absolute atomic E-state index is 0.00367. The number of carbonyl (C=O) groups excluding carboxylic acids is 2. The predicted molar refractivity (Wildman–Crippen MR) is 108 cm³/mol. The summed E-state index contributed by atoms with van der Waals surface area (Å²) in [6.07, 6.45) is 1.45. The zero-order valence-electron chi connectivity index (χ0n) is 16.4. The van der Waals surface area contributed by atoms with Crippen LogP contribution in [0.1, 0.15) is 22.9 Å². The maximum atomic E-state index is 14.2. The van der Waals surface area contributed by atoms with Crippen molar-refractivity contribution in [2.75, 3.05) is 7.11 Å². The predicted octanol–water partition coefficient (Wildman–Crippen LogP) is 3.75. The van der Waals surface area contributed by atoms with E-state index in [1.807, 2.05) is 0 Å². The monoisotopic (exact) mass is 423 g/mol. The Labute approximate surface area is 176 Å². The van der Waals surface area contributed by atoms with Crippen molar-refractivity contribution in [1.29, 1.82) is 0 Å². The van der Waals surface area contributed by atoms with Crippen LogP contribution in [0.5, 0.6) is 11.5 Å². The molecule has 0 bridgehead atoms. The van der Waals surface area contributed by atoms with Gasteiger partial charge in [-0.15, -0.1) is 0 Å². The zero-order valence-corrected chi connectivity index (χ0v) is 16.4. The summed E-state index contributed by atoms with van der Waals surface area (Å²) in [6, 6.07) is 12.0. The van der Waals surface area contributed by atoms with Gasteiger partial charge in [0.05, 0.1) is 31.5 Å². The lowest BCUT2D eigenvalue weighted by Crippen LogP contribution is -2.29. The van der Waals surface area contributed by atoms with Crippen molar-refractivity contribution in [2.45, 2.75) is 12.6 Å². The van der Waals surface area contributed by atoms with E-state index in [4.69, 9.17) is 9.15 Å². The Morgan fingerprint density at radius 2 is 1.90 bits per heavy atom. The second-order valence-corrected chi connectivity index (χ2v) is 6.95. The number of methoxy groups -OCH3 is 1. The summed E-state index contributed by atoms with van der Waals surface area (Å²) in [7, 11) is 1.31. The number of ether oxygens (including phenoxy) is 1. The molecule has 3 aromatic rings. The number of aliphatic hydroxyl groups excluding tert-OH is 1. The molecule has 0 radical (unpaired) electrons. The first kappa shape index (κ1) is 20.2. The van der Waals surface area contributed by atoms with Crippen LogP contribution in [0.15, 0.2) is 70.9 Å². The van der Waals surface area contributed by atoms with Gasteiger partial charge >= 0.3 is 0 Å². The number of nitrogens with zero attached hydrogens (tertiary/aromatic N) is 1. The molecule has 0 spiro atoms. The number of ketones is 1. The molecule has 1 atom stereocenters. The number of furan rings is 1. The lowest BCUT2D eigenvalue weighted by atomic mass is 9.95. The SMILES string of the molecule is COc1ccc(C(O)=C2C(=O)C(=O)N(Cc3ccco3)C2c2ccc(O)cc2)cc1F. The third-order valence-electron chi connectivity index (χ3n) is 5.08. The van der Waals surface area contributed by atoms with Crippen LogP contribution >= 0.6 is 0 Å². The number of aromatic hydroxyl groups is 1. The van der Waals surface area contributed by atoms with Crippen LogP contribution in [0.4, 0.5) is 4.39 Å². The first-order chi connectivity index (χ1) is 14.9. The van der Waals surface area contributed by atoms with Gasteiger partial charge in [0.1, 0.15) is 17.3 Å². The molecule has 8 heteroatoms. The van der Waals surface area contributed by atoms with Crippen molar-refractivity contribution >= 4 is 17.4 Å². The number of carbonyl (C=O) groups is 2. The summed E-state index contributed by atoms with van der Waals surface area (Å²) >= 11 is 0. The summed E-state index contributed by atoms with van der Waals surface area (Å²) in [5.41, 5.74) is 0.323. The smallest absolute Gasteiger partial charge is 0.296 e. The average Bonchev–Trinajstić information content (AvgIpc) is 3.36. The van der Waals surface area contributed by atoms with Gasteiger partial charge in [0.25, 0.3) is 11.7 Å². The molecule has 2 heterocycles. The Balaban J connectivity index is 1.86. The van der Waals surface area contributed by atoms with E-state index >= 15 is 0 Å². The van der Waals surface area contributed by atoms with Crippen LogP contribution in [-0.2, 0) is 16.1 Å². The molecule has 7 nitrogen and oxygen atoms in total. The van der Waals surface area contributed by atoms with E-state index in [9.17, 15) is 24.2 Å². The highest BCUT2D eigenvalue weighted by molar-refractivity contribution is 6.46. The molecule has 1 fully saturated rings. The molecule has 1 saturated heterocycles. The number of phenols is 1. The number of hydrogen-bond acceptors (Lipinski definition) is 6. The van der Waals surface area contributed by atoms with E-state index in [-0.39, 0.29) is 29.2 Å². The summed E-state index contributed by atoms with van der Waals surface area (Å²) in [6.45, 7) is -0.0170. The summed E-state index contributed by atoms with van der Waals surface area (Å²) in [5, 5.41) is 20.6. The fraction of sp³-hybridized carbons (Fsp3) is 0.130. The number of rotatable bonds is 5. The Morgan fingerprint density at radius 3 is 2.52 bits per heavy atom. The van der Waals surface area contributed by atoms with Crippen molar-refractivity contribution in [2.24, 2.45) is 0 Å². The summed E-state index contributed by atoms with van der Waals surface area (Å²) in [4.78, 5) is 27.0. The number of aliphatic hydroxyl groups is 1. The number of amides is 1. The van der Waals surface area contributed by atoms with E-state index in [1.54, 1.807) is 24.3 Å². The molecule has 1 unspecified atom stereocenters. The van der Waals surface area contributed by atoms with Gasteiger partial charge in [-0.05, 0) is 48.0 Å². The molecule has 0 saturated carbocycles. The van der Waals surface area contributed by atoms with Gasteiger partial charge in [0, 0.05) is 5.56 Å². The molecule has 1 amide bonds. The number of benzene rings is 2. The quantitative estimate of drug-likeness (QED) is 0.368. The maximum Gasteiger partial charge on any atom is 0.296 e. The topological polar surface area (TPSA) is 100 Å². The first-order valence-corrected chi connectivity index (χ1v) is 9.34. The molecule has 1 aliphatic rings. The average molecular weight is 423 g/mol. The Bertz CT molecular complexity index is 1170. The minimum Gasteiger partial charge on any atom is -0.508 e. The van der Waals surface area contributed by atoms with Gasteiger partial charge < -0.3 is 24.3 Å². The Hall–Kier alpha value is -4.07. The van der Waals surface area contributed by atoms with E-state index in [0.717, 1.165) is 6.07 Å².